The number of carboxylic acid groups (broad SMARTS) is 1. The molecule has 0 fully saturated rings. The predicted octanol–water partition coefficient (Wildman–Crippen LogP) is 4.16. The van der Waals surface area contributed by atoms with Gasteiger partial charge in [-0.05, 0) is 39.4 Å². The van der Waals surface area contributed by atoms with Crippen molar-refractivity contribution in [3.05, 3.63) is 28.2 Å². The molecule has 1 amide bonds. The van der Waals surface area contributed by atoms with Crippen molar-refractivity contribution in [3.8, 4) is 0 Å². The highest BCUT2D eigenvalue weighted by molar-refractivity contribution is 9.10. The van der Waals surface area contributed by atoms with Gasteiger partial charge in [-0.25, -0.2) is 4.79 Å². The third-order valence-corrected chi connectivity index (χ3v) is 4.14. The molecular formula is C15H20BrNO3. The molecule has 2 N–H and O–H groups in total. The number of amides is 1. The number of hydrogen-bond donors (Lipinski definition) is 2. The third-order valence-electron chi connectivity index (χ3n) is 3.48. The Morgan fingerprint density at radius 3 is 2.45 bits per heavy atom. The summed E-state index contributed by atoms with van der Waals surface area (Å²) < 4.78 is 0.564. The summed E-state index contributed by atoms with van der Waals surface area (Å²) >= 11 is 3.27. The van der Waals surface area contributed by atoms with E-state index in [4.69, 9.17) is 5.11 Å². The van der Waals surface area contributed by atoms with Crippen LogP contribution in [0, 0.1) is 11.3 Å². The summed E-state index contributed by atoms with van der Waals surface area (Å²) in [6.07, 6.45) is 0.351. The average Bonchev–Trinajstić information content (AvgIpc) is 2.30. The van der Waals surface area contributed by atoms with E-state index in [9.17, 15) is 9.59 Å². The van der Waals surface area contributed by atoms with Gasteiger partial charge in [-0.2, -0.15) is 0 Å². The van der Waals surface area contributed by atoms with Gasteiger partial charge in [0.05, 0.1) is 11.3 Å². The van der Waals surface area contributed by atoms with Crippen LogP contribution in [0.5, 0.6) is 0 Å². The van der Waals surface area contributed by atoms with Gasteiger partial charge >= 0.3 is 5.97 Å². The van der Waals surface area contributed by atoms with Crippen molar-refractivity contribution in [2.45, 2.75) is 34.1 Å². The number of carbonyl (C=O) groups excluding carboxylic acids is 1. The minimum absolute atomic E-state index is 0.0287. The number of hydrogen-bond acceptors (Lipinski definition) is 2. The zero-order chi connectivity index (χ0) is 15.5. The van der Waals surface area contributed by atoms with Crippen LogP contribution in [0.25, 0.3) is 0 Å². The molecule has 1 rings (SSSR count). The van der Waals surface area contributed by atoms with Crippen LogP contribution in [0.15, 0.2) is 22.7 Å². The van der Waals surface area contributed by atoms with Crippen LogP contribution in [0.1, 0.15) is 44.5 Å². The van der Waals surface area contributed by atoms with Crippen LogP contribution >= 0.6 is 15.9 Å². The lowest BCUT2D eigenvalue weighted by atomic mass is 9.80. The van der Waals surface area contributed by atoms with E-state index in [1.54, 1.807) is 12.1 Å². The number of rotatable bonds is 4. The largest absolute Gasteiger partial charge is 0.478 e. The predicted molar refractivity (Wildman–Crippen MR) is 83.0 cm³/mol. The molecule has 0 radical (unpaired) electrons. The Morgan fingerprint density at radius 2 is 1.95 bits per heavy atom. The maximum Gasteiger partial charge on any atom is 0.337 e. The lowest BCUT2D eigenvalue weighted by molar-refractivity contribution is -0.117. The molecule has 5 heteroatoms. The molecule has 0 saturated carbocycles. The molecule has 20 heavy (non-hydrogen) atoms. The fourth-order valence-corrected chi connectivity index (χ4v) is 2.07. The van der Waals surface area contributed by atoms with E-state index < -0.39 is 5.97 Å². The Morgan fingerprint density at radius 1 is 1.35 bits per heavy atom. The molecule has 0 aromatic heterocycles. The molecule has 110 valence electrons. The van der Waals surface area contributed by atoms with E-state index in [0.29, 0.717) is 16.6 Å². The second kappa shape index (κ2) is 6.39. The SMILES string of the molecule is CC(CC(=O)Nc1c(Br)cccc1C(=O)O)C(C)(C)C. The summed E-state index contributed by atoms with van der Waals surface area (Å²) in [5, 5.41) is 11.8. The van der Waals surface area contributed by atoms with E-state index in [0.717, 1.165) is 0 Å². The van der Waals surface area contributed by atoms with Crippen LogP contribution in [0.2, 0.25) is 0 Å². The first-order valence-electron chi connectivity index (χ1n) is 6.44. The Labute approximate surface area is 127 Å². The van der Waals surface area contributed by atoms with Crippen molar-refractivity contribution < 1.29 is 14.7 Å². The second-order valence-electron chi connectivity index (χ2n) is 5.99. The number of aromatic carboxylic acids is 1. The molecule has 1 aromatic rings. The molecule has 0 aliphatic heterocycles. The number of halogens is 1. The molecule has 0 saturated heterocycles. The monoisotopic (exact) mass is 341 g/mol. The van der Waals surface area contributed by atoms with Crippen LogP contribution < -0.4 is 5.32 Å². The first-order chi connectivity index (χ1) is 9.12. The molecule has 0 spiro atoms. The maximum absolute atomic E-state index is 12.1. The molecule has 0 heterocycles. The van der Waals surface area contributed by atoms with E-state index in [-0.39, 0.29) is 22.8 Å². The van der Waals surface area contributed by atoms with Crippen molar-refractivity contribution in [2.24, 2.45) is 11.3 Å². The van der Waals surface area contributed by atoms with Gasteiger partial charge in [0.1, 0.15) is 0 Å². The van der Waals surface area contributed by atoms with Crippen molar-refractivity contribution >= 4 is 33.5 Å². The van der Waals surface area contributed by atoms with Crippen LogP contribution in [0.4, 0.5) is 5.69 Å². The van der Waals surface area contributed by atoms with Gasteiger partial charge in [-0.3, -0.25) is 4.79 Å². The zero-order valence-corrected chi connectivity index (χ0v) is 13.7. The maximum atomic E-state index is 12.1. The van der Waals surface area contributed by atoms with Gasteiger partial charge in [0.2, 0.25) is 5.91 Å². The van der Waals surface area contributed by atoms with Crippen molar-refractivity contribution in [2.75, 3.05) is 5.32 Å². The van der Waals surface area contributed by atoms with Gasteiger partial charge in [-0.1, -0.05) is 33.8 Å². The van der Waals surface area contributed by atoms with Crippen LogP contribution in [-0.2, 0) is 4.79 Å². The molecule has 1 aromatic carbocycles. The van der Waals surface area contributed by atoms with E-state index >= 15 is 0 Å². The quantitative estimate of drug-likeness (QED) is 0.863. The fourth-order valence-electron chi connectivity index (χ4n) is 1.60. The topological polar surface area (TPSA) is 66.4 Å². The van der Waals surface area contributed by atoms with Gasteiger partial charge in [0, 0.05) is 10.9 Å². The molecule has 0 aliphatic carbocycles. The minimum atomic E-state index is -1.06. The summed E-state index contributed by atoms with van der Waals surface area (Å²) in [4.78, 5) is 23.2. The lowest BCUT2D eigenvalue weighted by Crippen LogP contribution is -2.24. The summed E-state index contributed by atoms with van der Waals surface area (Å²) in [5.74, 6) is -1.05. The summed E-state index contributed by atoms with van der Waals surface area (Å²) in [6.45, 7) is 8.24. The number of carboxylic acids is 1. The molecule has 0 bridgehead atoms. The number of benzene rings is 1. The second-order valence-corrected chi connectivity index (χ2v) is 6.84. The number of anilines is 1. The molecular weight excluding hydrogens is 322 g/mol. The molecule has 0 aliphatic rings. The lowest BCUT2D eigenvalue weighted by Gasteiger charge is -2.26. The van der Waals surface area contributed by atoms with Crippen molar-refractivity contribution in [1.29, 1.82) is 0 Å². The number of carbonyl (C=O) groups is 2. The zero-order valence-electron chi connectivity index (χ0n) is 12.2. The molecule has 4 nitrogen and oxygen atoms in total. The molecule has 1 atom stereocenters. The fraction of sp³-hybridized carbons (Fsp3) is 0.467. The summed E-state index contributed by atoms with van der Waals surface area (Å²) in [6, 6.07) is 4.80. The highest BCUT2D eigenvalue weighted by Crippen LogP contribution is 2.30. The van der Waals surface area contributed by atoms with Gasteiger partial charge < -0.3 is 10.4 Å². The van der Waals surface area contributed by atoms with E-state index in [1.807, 2.05) is 6.92 Å². The normalized spacial score (nSPS) is 12.8. The van der Waals surface area contributed by atoms with Gasteiger partial charge in [-0.15, -0.1) is 0 Å². The number of para-hydroxylation sites is 1. The summed E-state index contributed by atoms with van der Waals surface area (Å²) in [5.41, 5.74) is 0.420. The highest BCUT2D eigenvalue weighted by Gasteiger charge is 2.23. The Kier molecular flexibility index (Phi) is 5.34. The Hall–Kier alpha value is -1.36. The van der Waals surface area contributed by atoms with Gasteiger partial charge in [0.15, 0.2) is 0 Å². The third kappa shape index (κ3) is 4.34. The minimum Gasteiger partial charge on any atom is -0.478 e. The average molecular weight is 342 g/mol. The van der Waals surface area contributed by atoms with Gasteiger partial charge in [0.25, 0.3) is 0 Å². The van der Waals surface area contributed by atoms with Crippen LogP contribution in [-0.4, -0.2) is 17.0 Å². The number of nitrogens with one attached hydrogen (secondary N) is 1. The smallest absolute Gasteiger partial charge is 0.337 e. The van der Waals surface area contributed by atoms with Crippen molar-refractivity contribution in [3.63, 3.8) is 0 Å². The highest BCUT2D eigenvalue weighted by atomic mass is 79.9. The molecule has 1 unspecified atom stereocenters. The first-order valence-corrected chi connectivity index (χ1v) is 7.24. The van der Waals surface area contributed by atoms with E-state index in [2.05, 4.69) is 42.0 Å². The first kappa shape index (κ1) is 16.7. The van der Waals surface area contributed by atoms with Crippen LogP contribution in [0.3, 0.4) is 0 Å². The van der Waals surface area contributed by atoms with Crippen molar-refractivity contribution in [1.82, 2.24) is 0 Å². The Bertz CT molecular complexity index is 520. The standard InChI is InChI=1S/C15H20BrNO3/c1-9(15(2,3)4)8-12(18)17-13-10(14(19)20)6-5-7-11(13)16/h5-7,9H,8H2,1-4H3,(H,17,18)(H,19,20). The van der Waals surface area contributed by atoms with E-state index in [1.165, 1.54) is 6.07 Å². The summed E-state index contributed by atoms with van der Waals surface area (Å²) in [7, 11) is 0. The Balaban J connectivity index is 2.89.